The Labute approximate surface area is 107 Å². The van der Waals surface area contributed by atoms with Crippen LogP contribution in [0.4, 0.5) is 0 Å². The van der Waals surface area contributed by atoms with Gasteiger partial charge in [0, 0.05) is 24.4 Å². The van der Waals surface area contributed by atoms with Gasteiger partial charge in [-0.2, -0.15) is 0 Å². The molecule has 1 atom stereocenters. The van der Waals surface area contributed by atoms with Gasteiger partial charge >= 0.3 is 0 Å². The van der Waals surface area contributed by atoms with Crippen molar-refractivity contribution in [1.29, 1.82) is 0 Å². The minimum atomic E-state index is 0.186. The second-order valence-electron chi connectivity index (χ2n) is 5.01. The summed E-state index contributed by atoms with van der Waals surface area (Å²) in [5.41, 5.74) is 1.32. The fourth-order valence-electron chi connectivity index (χ4n) is 2.76. The highest BCUT2D eigenvalue weighted by atomic mass is 32.1. The fraction of sp³-hybridized carbons (Fsp3) is 0.769. The molecule has 2 fully saturated rings. The molecule has 1 aromatic heterocycles. The topological polar surface area (TPSA) is 34.1 Å². The first-order valence-corrected chi connectivity index (χ1v) is 7.59. The van der Waals surface area contributed by atoms with Crippen LogP contribution in [0.1, 0.15) is 54.8 Å². The summed E-state index contributed by atoms with van der Waals surface area (Å²) in [6, 6.07) is 0. The van der Waals surface area contributed by atoms with Gasteiger partial charge in [0.15, 0.2) is 0 Å². The third-order valence-corrected chi connectivity index (χ3v) is 4.72. The molecule has 0 spiro atoms. The van der Waals surface area contributed by atoms with Crippen molar-refractivity contribution in [2.45, 2.75) is 44.1 Å². The van der Waals surface area contributed by atoms with Crippen LogP contribution in [0, 0.1) is 0 Å². The first kappa shape index (κ1) is 11.6. The zero-order valence-corrected chi connectivity index (χ0v) is 11.0. The van der Waals surface area contributed by atoms with E-state index in [1.54, 1.807) is 11.3 Å². The molecule has 17 heavy (non-hydrogen) atoms. The molecule has 0 aromatic carbocycles. The lowest BCUT2D eigenvalue weighted by Crippen LogP contribution is -2.33. The van der Waals surface area contributed by atoms with Crippen molar-refractivity contribution < 1.29 is 4.74 Å². The number of nitrogens with one attached hydrogen (secondary N) is 1. The summed E-state index contributed by atoms with van der Waals surface area (Å²) in [6.07, 6.45) is 6.99. The zero-order valence-electron chi connectivity index (χ0n) is 10.2. The average molecular weight is 252 g/mol. The van der Waals surface area contributed by atoms with E-state index in [-0.39, 0.29) is 6.10 Å². The first-order valence-electron chi connectivity index (χ1n) is 6.71. The number of ether oxygens (including phenoxy) is 1. The van der Waals surface area contributed by atoms with Crippen molar-refractivity contribution in [1.82, 2.24) is 10.3 Å². The molecule has 3 nitrogen and oxygen atoms in total. The molecule has 2 heterocycles. The Morgan fingerprint density at radius 1 is 1.29 bits per heavy atom. The van der Waals surface area contributed by atoms with E-state index in [1.165, 1.54) is 37.8 Å². The molecule has 4 heteroatoms. The molecule has 0 amide bonds. The van der Waals surface area contributed by atoms with Crippen LogP contribution in [0.15, 0.2) is 5.38 Å². The smallest absolute Gasteiger partial charge is 0.123 e. The van der Waals surface area contributed by atoms with Crippen molar-refractivity contribution in [3.05, 3.63) is 16.1 Å². The predicted molar refractivity (Wildman–Crippen MR) is 69.5 cm³/mol. The molecule has 3 rings (SSSR count). The summed E-state index contributed by atoms with van der Waals surface area (Å²) in [5, 5.41) is 6.78. The molecule has 0 bridgehead atoms. The van der Waals surface area contributed by atoms with E-state index in [0.717, 1.165) is 24.7 Å². The van der Waals surface area contributed by atoms with E-state index < -0.39 is 0 Å². The zero-order chi connectivity index (χ0) is 11.5. The van der Waals surface area contributed by atoms with Crippen molar-refractivity contribution in [3.8, 4) is 0 Å². The number of aromatic nitrogens is 1. The van der Waals surface area contributed by atoms with Crippen LogP contribution >= 0.6 is 11.3 Å². The third-order valence-electron chi connectivity index (χ3n) is 3.77. The second-order valence-corrected chi connectivity index (χ2v) is 5.90. The molecular formula is C13H20N2OS. The predicted octanol–water partition coefficient (Wildman–Crippen LogP) is 2.85. The Morgan fingerprint density at radius 3 is 2.94 bits per heavy atom. The quantitative estimate of drug-likeness (QED) is 0.879. The minimum absolute atomic E-state index is 0.186. The van der Waals surface area contributed by atoms with Crippen LogP contribution in [-0.4, -0.2) is 24.7 Å². The van der Waals surface area contributed by atoms with Gasteiger partial charge in [0.25, 0.3) is 0 Å². The van der Waals surface area contributed by atoms with E-state index in [4.69, 9.17) is 9.72 Å². The lowest BCUT2D eigenvalue weighted by molar-refractivity contribution is 0.0274. The van der Waals surface area contributed by atoms with Gasteiger partial charge < -0.3 is 10.1 Å². The van der Waals surface area contributed by atoms with Gasteiger partial charge in [-0.1, -0.05) is 19.3 Å². The Balaban J connectivity index is 1.68. The molecule has 1 saturated heterocycles. The Bertz CT molecular complexity index is 322. The van der Waals surface area contributed by atoms with E-state index in [2.05, 4.69) is 10.7 Å². The van der Waals surface area contributed by atoms with Crippen molar-refractivity contribution >= 4 is 11.3 Å². The number of morpholine rings is 1. The molecule has 1 aliphatic heterocycles. The molecule has 1 saturated carbocycles. The Morgan fingerprint density at radius 2 is 2.18 bits per heavy atom. The van der Waals surface area contributed by atoms with Gasteiger partial charge in [-0.05, 0) is 12.8 Å². The van der Waals surface area contributed by atoms with Gasteiger partial charge in [0.05, 0.1) is 12.3 Å². The maximum Gasteiger partial charge on any atom is 0.123 e. The minimum Gasteiger partial charge on any atom is -0.368 e. The summed E-state index contributed by atoms with van der Waals surface area (Å²) in [4.78, 5) is 4.81. The summed E-state index contributed by atoms with van der Waals surface area (Å²) < 4.78 is 5.75. The van der Waals surface area contributed by atoms with Crippen LogP contribution in [0.3, 0.4) is 0 Å². The molecular weight excluding hydrogens is 232 g/mol. The number of hydrogen-bond acceptors (Lipinski definition) is 4. The van der Waals surface area contributed by atoms with Crippen LogP contribution in [0.25, 0.3) is 0 Å². The summed E-state index contributed by atoms with van der Waals surface area (Å²) >= 11 is 1.77. The van der Waals surface area contributed by atoms with Gasteiger partial charge in [0.1, 0.15) is 11.1 Å². The summed E-state index contributed by atoms with van der Waals surface area (Å²) in [5.74, 6) is 0.713. The molecule has 2 aliphatic rings. The highest BCUT2D eigenvalue weighted by Crippen LogP contribution is 2.34. The van der Waals surface area contributed by atoms with Crippen LogP contribution in [0.5, 0.6) is 0 Å². The maximum absolute atomic E-state index is 5.75. The lowest BCUT2D eigenvalue weighted by Gasteiger charge is -2.22. The monoisotopic (exact) mass is 252 g/mol. The Kier molecular flexibility index (Phi) is 3.74. The number of thiazole rings is 1. The summed E-state index contributed by atoms with van der Waals surface area (Å²) in [6.45, 7) is 2.69. The van der Waals surface area contributed by atoms with Crippen molar-refractivity contribution in [2.24, 2.45) is 0 Å². The number of nitrogens with zero attached hydrogens (tertiary/aromatic N) is 1. The average Bonchev–Trinajstić information content (AvgIpc) is 2.90. The van der Waals surface area contributed by atoms with Gasteiger partial charge in [0.2, 0.25) is 0 Å². The van der Waals surface area contributed by atoms with Crippen molar-refractivity contribution in [3.63, 3.8) is 0 Å². The molecule has 1 unspecified atom stereocenters. The van der Waals surface area contributed by atoms with Crippen LogP contribution in [0.2, 0.25) is 0 Å². The van der Waals surface area contributed by atoms with Crippen molar-refractivity contribution in [2.75, 3.05) is 19.7 Å². The number of rotatable bonds is 2. The maximum atomic E-state index is 5.75. The van der Waals surface area contributed by atoms with Gasteiger partial charge in [-0.15, -0.1) is 11.3 Å². The van der Waals surface area contributed by atoms with Gasteiger partial charge in [-0.25, -0.2) is 4.98 Å². The third kappa shape index (κ3) is 2.69. The van der Waals surface area contributed by atoms with Gasteiger partial charge in [-0.3, -0.25) is 0 Å². The normalized spacial score (nSPS) is 27.2. The highest BCUT2D eigenvalue weighted by Gasteiger charge is 2.22. The molecule has 1 N–H and O–H groups in total. The second kappa shape index (κ2) is 5.46. The van der Waals surface area contributed by atoms with E-state index in [1.807, 2.05) is 0 Å². The lowest BCUT2D eigenvalue weighted by atomic mass is 9.87. The molecule has 0 radical (unpaired) electrons. The Hall–Kier alpha value is -0.450. The largest absolute Gasteiger partial charge is 0.368 e. The SMILES string of the molecule is c1sc(C2CNCCO2)nc1C1CCCCC1. The van der Waals surface area contributed by atoms with E-state index in [0.29, 0.717) is 5.92 Å². The van der Waals surface area contributed by atoms with Crippen LogP contribution in [-0.2, 0) is 4.74 Å². The molecule has 1 aromatic rings. The molecule has 94 valence electrons. The first-order chi connectivity index (χ1) is 8.43. The fourth-order valence-corrected chi connectivity index (χ4v) is 3.71. The standard InChI is InChI=1S/C13H20N2OS/c1-2-4-10(5-3-1)11-9-17-13(15-11)12-8-14-6-7-16-12/h9-10,12,14H,1-8H2. The van der Waals surface area contributed by atoms with E-state index in [9.17, 15) is 0 Å². The summed E-state index contributed by atoms with van der Waals surface area (Å²) in [7, 11) is 0. The van der Waals surface area contributed by atoms with E-state index >= 15 is 0 Å². The highest BCUT2D eigenvalue weighted by molar-refractivity contribution is 7.09. The van der Waals surface area contributed by atoms with Crippen LogP contribution < -0.4 is 5.32 Å². The number of hydrogen-bond donors (Lipinski definition) is 1. The molecule has 1 aliphatic carbocycles.